The molecular weight excluding hydrogens is 526 g/mol. The van der Waals surface area contributed by atoms with Gasteiger partial charge in [0.25, 0.3) is 5.91 Å². The van der Waals surface area contributed by atoms with Crippen LogP contribution in [0.1, 0.15) is 35.3 Å². The molecular formula is C34H39N5O3. The molecule has 1 heterocycles. The minimum absolute atomic E-state index is 0.0664. The molecule has 4 aromatic rings. The number of rotatable bonds is 14. The van der Waals surface area contributed by atoms with E-state index in [0.717, 1.165) is 41.9 Å². The first kappa shape index (κ1) is 30.3. The molecule has 8 nitrogen and oxygen atoms in total. The molecule has 0 aliphatic carbocycles. The van der Waals surface area contributed by atoms with Crippen LogP contribution in [0.2, 0.25) is 0 Å². The Bertz CT molecular complexity index is 1420. The van der Waals surface area contributed by atoms with Crippen molar-refractivity contribution in [2.75, 3.05) is 38.1 Å². The van der Waals surface area contributed by atoms with E-state index in [9.17, 15) is 9.59 Å². The third-order valence-corrected chi connectivity index (χ3v) is 7.02. The smallest absolute Gasteiger partial charge is 0.319 e. The summed E-state index contributed by atoms with van der Waals surface area (Å²) in [4.78, 5) is 31.7. The van der Waals surface area contributed by atoms with Gasteiger partial charge in [-0.2, -0.15) is 0 Å². The molecule has 0 radical (unpaired) electrons. The van der Waals surface area contributed by atoms with Gasteiger partial charge < -0.3 is 25.6 Å². The SMILES string of the molecule is CCN(CC)CCNC(=O)c1ccccc1-c1ccccc1CCOc1ccc(NC(=O)NCc2cccnc2)cc1. The number of anilines is 1. The molecule has 0 aliphatic rings. The van der Waals surface area contributed by atoms with Crippen molar-refractivity contribution < 1.29 is 14.3 Å². The third-order valence-electron chi connectivity index (χ3n) is 7.02. The molecule has 3 N–H and O–H groups in total. The number of carbonyl (C=O) groups is 2. The Balaban J connectivity index is 1.31. The van der Waals surface area contributed by atoms with Crippen LogP contribution < -0.4 is 20.7 Å². The van der Waals surface area contributed by atoms with Gasteiger partial charge in [-0.15, -0.1) is 0 Å². The maximum atomic E-state index is 13.1. The lowest BCUT2D eigenvalue weighted by Gasteiger charge is -2.18. The molecule has 0 saturated heterocycles. The number of hydrogen-bond acceptors (Lipinski definition) is 5. The van der Waals surface area contributed by atoms with Crippen molar-refractivity contribution in [3.63, 3.8) is 0 Å². The standard InChI is InChI=1S/C34H39N5O3/c1-3-39(4-2)22-21-36-33(40)32-14-8-7-13-31(32)30-12-6-5-11-27(30)19-23-42-29-17-15-28(16-18-29)38-34(41)37-25-26-10-9-20-35-24-26/h5-18,20,24H,3-4,19,21-23,25H2,1-2H3,(H,36,40)(H2,37,38,41). The van der Waals surface area contributed by atoms with Crippen molar-refractivity contribution in [2.24, 2.45) is 0 Å². The lowest BCUT2D eigenvalue weighted by molar-refractivity contribution is 0.0949. The summed E-state index contributed by atoms with van der Waals surface area (Å²) in [5.41, 5.74) is 5.29. The summed E-state index contributed by atoms with van der Waals surface area (Å²) in [5, 5.41) is 8.72. The first-order chi connectivity index (χ1) is 20.6. The second kappa shape index (κ2) is 15.9. The molecule has 3 amide bonds. The monoisotopic (exact) mass is 565 g/mol. The molecule has 3 aromatic carbocycles. The van der Waals surface area contributed by atoms with E-state index in [0.29, 0.717) is 43.1 Å². The van der Waals surface area contributed by atoms with E-state index in [2.05, 4.69) is 51.8 Å². The van der Waals surface area contributed by atoms with E-state index in [-0.39, 0.29) is 11.9 Å². The maximum Gasteiger partial charge on any atom is 0.319 e. The van der Waals surface area contributed by atoms with Crippen LogP contribution >= 0.6 is 0 Å². The second-order valence-corrected chi connectivity index (χ2v) is 9.78. The van der Waals surface area contributed by atoms with Gasteiger partial charge in [-0.25, -0.2) is 4.79 Å². The topological polar surface area (TPSA) is 95.6 Å². The van der Waals surface area contributed by atoms with E-state index in [1.165, 1.54) is 0 Å². The van der Waals surface area contributed by atoms with E-state index < -0.39 is 0 Å². The number of pyridine rings is 1. The molecule has 0 fully saturated rings. The first-order valence-electron chi connectivity index (χ1n) is 14.4. The molecule has 0 atom stereocenters. The van der Waals surface area contributed by atoms with Gasteiger partial charge in [0.05, 0.1) is 6.61 Å². The van der Waals surface area contributed by atoms with Gasteiger partial charge in [0.2, 0.25) is 0 Å². The third kappa shape index (κ3) is 8.91. The van der Waals surface area contributed by atoms with Gasteiger partial charge >= 0.3 is 6.03 Å². The number of amides is 3. The summed E-state index contributed by atoms with van der Waals surface area (Å²) in [7, 11) is 0. The molecule has 4 rings (SSSR count). The second-order valence-electron chi connectivity index (χ2n) is 9.78. The highest BCUT2D eigenvalue weighted by molar-refractivity contribution is 6.01. The van der Waals surface area contributed by atoms with Gasteiger partial charge in [0.15, 0.2) is 0 Å². The molecule has 42 heavy (non-hydrogen) atoms. The first-order valence-corrected chi connectivity index (χ1v) is 14.4. The van der Waals surface area contributed by atoms with Crippen molar-refractivity contribution in [3.05, 3.63) is 114 Å². The van der Waals surface area contributed by atoms with Gasteiger partial charge in [-0.1, -0.05) is 62.4 Å². The highest BCUT2D eigenvalue weighted by atomic mass is 16.5. The zero-order valence-electron chi connectivity index (χ0n) is 24.3. The Morgan fingerprint density at radius 2 is 1.57 bits per heavy atom. The van der Waals surface area contributed by atoms with Crippen molar-refractivity contribution >= 4 is 17.6 Å². The fraction of sp³-hybridized carbons (Fsp3) is 0.265. The summed E-state index contributed by atoms with van der Waals surface area (Å²) in [6, 6.07) is 26.6. The van der Waals surface area contributed by atoms with Crippen molar-refractivity contribution in [2.45, 2.75) is 26.8 Å². The van der Waals surface area contributed by atoms with Crippen LogP contribution in [0.5, 0.6) is 5.75 Å². The number of ether oxygens (including phenoxy) is 1. The van der Waals surface area contributed by atoms with Crippen molar-refractivity contribution in [1.29, 1.82) is 0 Å². The molecule has 218 valence electrons. The van der Waals surface area contributed by atoms with E-state index in [4.69, 9.17) is 4.74 Å². The molecule has 0 aliphatic heterocycles. The molecule has 0 bridgehead atoms. The quantitative estimate of drug-likeness (QED) is 0.181. The zero-order valence-corrected chi connectivity index (χ0v) is 24.3. The molecule has 0 unspecified atom stereocenters. The largest absolute Gasteiger partial charge is 0.493 e. The Morgan fingerprint density at radius 1 is 0.833 bits per heavy atom. The van der Waals surface area contributed by atoms with Crippen LogP contribution in [0, 0.1) is 0 Å². The van der Waals surface area contributed by atoms with E-state index >= 15 is 0 Å². The number of likely N-dealkylation sites (N-methyl/N-ethyl adjacent to an activating group) is 1. The number of carbonyl (C=O) groups excluding carboxylic acids is 2. The Kier molecular flexibility index (Phi) is 11.5. The molecule has 8 heteroatoms. The van der Waals surface area contributed by atoms with Gasteiger partial charge in [-0.05, 0) is 71.7 Å². The van der Waals surface area contributed by atoms with Crippen molar-refractivity contribution in [1.82, 2.24) is 20.5 Å². The number of urea groups is 1. The predicted molar refractivity (Wildman–Crippen MR) is 168 cm³/mol. The minimum atomic E-state index is -0.290. The number of benzene rings is 3. The van der Waals surface area contributed by atoms with Gasteiger partial charge in [-0.3, -0.25) is 9.78 Å². The number of nitrogens with zero attached hydrogens (tertiary/aromatic N) is 2. The summed E-state index contributed by atoms with van der Waals surface area (Å²) in [6.45, 7) is 8.47. The summed E-state index contributed by atoms with van der Waals surface area (Å²) < 4.78 is 6.02. The lowest BCUT2D eigenvalue weighted by atomic mass is 9.94. The molecule has 0 spiro atoms. The molecule has 1 aromatic heterocycles. The Hall–Kier alpha value is -4.69. The summed E-state index contributed by atoms with van der Waals surface area (Å²) >= 11 is 0. The van der Waals surface area contributed by atoms with Crippen LogP contribution in [0.4, 0.5) is 10.5 Å². The predicted octanol–water partition coefficient (Wildman–Crippen LogP) is 5.76. The Labute approximate surface area is 248 Å². The normalized spacial score (nSPS) is 10.7. The average Bonchev–Trinajstić information content (AvgIpc) is 3.03. The van der Waals surface area contributed by atoms with Crippen LogP contribution in [0.25, 0.3) is 11.1 Å². The van der Waals surface area contributed by atoms with Crippen LogP contribution in [0.3, 0.4) is 0 Å². The fourth-order valence-electron chi connectivity index (χ4n) is 4.65. The fourth-order valence-corrected chi connectivity index (χ4v) is 4.65. The minimum Gasteiger partial charge on any atom is -0.493 e. The van der Waals surface area contributed by atoms with Crippen LogP contribution in [-0.4, -0.2) is 54.6 Å². The number of hydrogen-bond donors (Lipinski definition) is 3. The highest BCUT2D eigenvalue weighted by Crippen LogP contribution is 2.28. The van der Waals surface area contributed by atoms with Crippen LogP contribution in [0.15, 0.2) is 97.3 Å². The zero-order chi connectivity index (χ0) is 29.6. The number of nitrogens with one attached hydrogen (secondary N) is 3. The van der Waals surface area contributed by atoms with E-state index in [1.807, 2.05) is 72.8 Å². The van der Waals surface area contributed by atoms with Gasteiger partial charge in [0, 0.05) is 49.7 Å². The molecule has 0 saturated carbocycles. The van der Waals surface area contributed by atoms with Gasteiger partial charge in [0.1, 0.15) is 5.75 Å². The number of aromatic nitrogens is 1. The maximum absolute atomic E-state index is 13.1. The highest BCUT2D eigenvalue weighted by Gasteiger charge is 2.15. The Morgan fingerprint density at radius 3 is 2.31 bits per heavy atom. The van der Waals surface area contributed by atoms with Crippen molar-refractivity contribution in [3.8, 4) is 16.9 Å². The summed E-state index contributed by atoms with van der Waals surface area (Å²) in [5.74, 6) is 0.644. The van der Waals surface area contributed by atoms with Crippen LogP contribution in [-0.2, 0) is 13.0 Å². The summed E-state index contributed by atoms with van der Waals surface area (Å²) in [6.07, 6.45) is 4.09. The van der Waals surface area contributed by atoms with E-state index in [1.54, 1.807) is 12.4 Å². The lowest BCUT2D eigenvalue weighted by Crippen LogP contribution is -2.35. The average molecular weight is 566 g/mol.